The van der Waals surface area contributed by atoms with Crippen molar-refractivity contribution in [2.24, 2.45) is 28.6 Å². The van der Waals surface area contributed by atoms with Crippen molar-refractivity contribution in [2.45, 2.75) is 71.3 Å². The summed E-state index contributed by atoms with van der Waals surface area (Å²) in [4.78, 5) is 23.1. The number of carbonyl (C=O) groups is 2. The van der Waals surface area contributed by atoms with E-state index in [2.05, 4.69) is 19.9 Å². The molecule has 0 aliphatic heterocycles. The van der Waals surface area contributed by atoms with Crippen molar-refractivity contribution >= 4 is 12.3 Å². The van der Waals surface area contributed by atoms with Gasteiger partial charge in [-0.05, 0) is 61.7 Å². The topological polar surface area (TPSA) is 43.4 Å². The summed E-state index contributed by atoms with van der Waals surface area (Å²) in [6.07, 6.45) is 10.8. The molecular formula is C20H28O3. The van der Waals surface area contributed by atoms with Crippen molar-refractivity contribution < 1.29 is 14.3 Å². The third kappa shape index (κ3) is 2.08. The van der Waals surface area contributed by atoms with Gasteiger partial charge in [0.05, 0.1) is 0 Å². The number of Topliss-reactive ketones (excluding diaryl/α,β-unsaturated/α-hetero) is 1. The minimum absolute atomic E-state index is 0.0410. The van der Waals surface area contributed by atoms with E-state index >= 15 is 0 Å². The Labute approximate surface area is 138 Å². The first-order chi connectivity index (χ1) is 11.0. The second-order valence-electron chi connectivity index (χ2n) is 8.77. The lowest BCUT2D eigenvalue weighted by Gasteiger charge is -2.56. The molecule has 3 fully saturated rings. The highest BCUT2D eigenvalue weighted by Gasteiger charge is 2.58. The number of hydrogen-bond acceptors (Lipinski definition) is 3. The van der Waals surface area contributed by atoms with Crippen LogP contribution in [0.5, 0.6) is 0 Å². The lowest BCUT2D eigenvalue weighted by atomic mass is 9.48. The van der Waals surface area contributed by atoms with Crippen LogP contribution in [0.25, 0.3) is 0 Å². The average molecular weight is 316 g/mol. The Morgan fingerprint density at radius 2 is 1.87 bits per heavy atom. The maximum atomic E-state index is 12.4. The largest absolute Gasteiger partial charge is 0.464 e. The molecule has 0 amide bonds. The molecule has 0 aromatic rings. The molecule has 126 valence electrons. The highest BCUT2D eigenvalue weighted by atomic mass is 16.5. The Bertz CT molecular complexity index is 565. The van der Waals surface area contributed by atoms with Crippen LogP contribution in [0.15, 0.2) is 11.6 Å². The molecule has 0 heterocycles. The molecule has 6 atom stereocenters. The molecule has 4 rings (SSSR count). The minimum atomic E-state index is -0.0410. The van der Waals surface area contributed by atoms with Gasteiger partial charge in [0.2, 0.25) is 0 Å². The molecule has 4 unspecified atom stereocenters. The fraction of sp³-hybridized carbons (Fsp3) is 0.800. The van der Waals surface area contributed by atoms with Crippen molar-refractivity contribution in [3.05, 3.63) is 11.6 Å². The van der Waals surface area contributed by atoms with Crippen LogP contribution in [0, 0.1) is 28.6 Å². The van der Waals surface area contributed by atoms with Gasteiger partial charge in [0, 0.05) is 18.3 Å². The second kappa shape index (κ2) is 5.19. The first-order valence-corrected chi connectivity index (χ1v) is 9.31. The lowest BCUT2D eigenvalue weighted by molar-refractivity contribution is -0.136. The quantitative estimate of drug-likeness (QED) is 0.570. The lowest BCUT2D eigenvalue weighted by Crippen LogP contribution is -2.50. The molecule has 3 heteroatoms. The third-order valence-electron chi connectivity index (χ3n) is 8.02. The Hall–Kier alpha value is -1.12. The summed E-state index contributed by atoms with van der Waals surface area (Å²) in [6.45, 7) is 5.28. The van der Waals surface area contributed by atoms with E-state index in [1.165, 1.54) is 12.0 Å². The molecule has 23 heavy (non-hydrogen) atoms. The number of fused-ring (bicyclic) bond motifs is 5. The fourth-order valence-corrected chi connectivity index (χ4v) is 6.59. The summed E-state index contributed by atoms with van der Waals surface area (Å²) >= 11 is 0. The van der Waals surface area contributed by atoms with E-state index in [-0.39, 0.29) is 16.9 Å². The van der Waals surface area contributed by atoms with Crippen molar-refractivity contribution in [3.8, 4) is 0 Å². The molecule has 4 aliphatic carbocycles. The van der Waals surface area contributed by atoms with Crippen LogP contribution in [-0.4, -0.2) is 18.4 Å². The molecule has 0 spiro atoms. The Balaban J connectivity index is 1.63. The Kier molecular flexibility index (Phi) is 3.48. The van der Waals surface area contributed by atoms with E-state index < -0.39 is 0 Å². The van der Waals surface area contributed by atoms with Crippen LogP contribution in [-0.2, 0) is 14.3 Å². The zero-order valence-corrected chi connectivity index (χ0v) is 14.3. The van der Waals surface area contributed by atoms with E-state index in [4.69, 9.17) is 4.74 Å². The van der Waals surface area contributed by atoms with Crippen LogP contribution in [0.2, 0.25) is 0 Å². The van der Waals surface area contributed by atoms with Gasteiger partial charge in [0.1, 0.15) is 11.9 Å². The van der Waals surface area contributed by atoms with Crippen LogP contribution >= 0.6 is 0 Å². The maximum absolute atomic E-state index is 12.4. The predicted octanol–water partition coefficient (Wildman–Crippen LogP) is 4.06. The van der Waals surface area contributed by atoms with Crippen LogP contribution in [0.4, 0.5) is 0 Å². The number of ketones is 1. The van der Waals surface area contributed by atoms with Crippen LogP contribution in [0.3, 0.4) is 0 Å². The minimum Gasteiger partial charge on any atom is -0.464 e. The molecular weight excluding hydrogens is 288 g/mol. The number of hydrogen-bond donors (Lipinski definition) is 0. The van der Waals surface area contributed by atoms with Gasteiger partial charge in [-0.3, -0.25) is 9.59 Å². The second-order valence-corrected chi connectivity index (χ2v) is 8.77. The Morgan fingerprint density at radius 1 is 1.13 bits per heavy atom. The number of allylic oxidation sites excluding steroid dienone is 1. The van der Waals surface area contributed by atoms with Crippen molar-refractivity contribution in [1.29, 1.82) is 0 Å². The normalized spacial score (nSPS) is 48.8. The van der Waals surface area contributed by atoms with Crippen molar-refractivity contribution in [2.75, 3.05) is 0 Å². The zero-order valence-electron chi connectivity index (χ0n) is 14.3. The number of carbonyl (C=O) groups excluding carboxylic acids is 2. The highest BCUT2D eigenvalue weighted by Crippen LogP contribution is 2.64. The number of rotatable bonds is 2. The molecule has 4 aliphatic rings. The van der Waals surface area contributed by atoms with E-state index in [9.17, 15) is 9.59 Å². The summed E-state index contributed by atoms with van der Waals surface area (Å²) in [5.74, 6) is 2.50. The summed E-state index contributed by atoms with van der Waals surface area (Å²) < 4.78 is 5.25. The van der Waals surface area contributed by atoms with E-state index in [0.717, 1.165) is 44.9 Å². The maximum Gasteiger partial charge on any atom is 0.293 e. The van der Waals surface area contributed by atoms with E-state index in [0.29, 0.717) is 30.0 Å². The molecule has 0 aromatic carbocycles. The summed E-state index contributed by atoms with van der Waals surface area (Å²) in [5.41, 5.74) is 1.74. The highest BCUT2D eigenvalue weighted by molar-refractivity contribution is 5.87. The molecule has 0 bridgehead atoms. The first-order valence-electron chi connectivity index (χ1n) is 9.31. The molecule has 3 nitrogen and oxygen atoms in total. The third-order valence-corrected chi connectivity index (χ3v) is 8.02. The molecule has 0 saturated heterocycles. The number of ether oxygens (including phenoxy) is 1. The van der Waals surface area contributed by atoms with Gasteiger partial charge in [0.15, 0.2) is 0 Å². The van der Waals surface area contributed by atoms with Gasteiger partial charge in [-0.15, -0.1) is 0 Å². The molecule has 3 saturated carbocycles. The Morgan fingerprint density at radius 3 is 2.65 bits per heavy atom. The first kappa shape index (κ1) is 15.4. The van der Waals surface area contributed by atoms with Gasteiger partial charge >= 0.3 is 0 Å². The van der Waals surface area contributed by atoms with Gasteiger partial charge in [-0.2, -0.15) is 0 Å². The summed E-state index contributed by atoms with van der Waals surface area (Å²) in [6, 6.07) is 0. The van der Waals surface area contributed by atoms with Crippen LogP contribution in [0.1, 0.15) is 65.2 Å². The molecule has 0 radical (unpaired) electrons. The summed E-state index contributed by atoms with van der Waals surface area (Å²) in [7, 11) is 0. The zero-order chi connectivity index (χ0) is 16.2. The smallest absolute Gasteiger partial charge is 0.293 e. The molecule has 0 aromatic heterocycles. The standard InChI is InChI=1S/C20H28O3/c1-19-9-7-14(23-12-21)11-13(19)3-4-15-16-5-6-18(22)20(16,2)10-8-17(15)19/h3,12,14-17H,4-11H2,1-2H3/t14?,15?,16?,17?,19-,20-/m0/s1. The van der Waals surface area contributed by atoms with Gasteiger partial charge in [-0.1, -0.05) is 25.5 Å². The van der Waals surface area contributed by atoms with Crippen molar-refractivity contribution in [3.63, 3.8) is 0 Å². The average Bonchev–Trinajstić information content (AvgIpc) is 2.84. The SMILES string of the molecule is C[C@]12CCC(OC=O)CC1=CCC1C2CC[C@]2(C)C(=O)CCC12. The monoisotopic (exact) mass is 316 g/mol. The van der Waals surface area contributed by atoms with Gasteiger partial charge < -0.3 is 4.74 Å². The summed E-state index contributed by atoms with van der Waals surface area (Å²) in [5, 5.41) is 0. The van der Waals surface area contributed by atoms with E-state index in [1.54, 1.807) is 0 Å². The van der Waals surface area contributed by atoms with Crippen LogP contribution < -0.4 is 0 Å². The van der Waals surface area contributed by atoms with Gasteiger partial charge in [0.25, 0.3) is 6.47 Å². The predicted molar refractivity (Wildman–Crippen MR) is 87.6 cm³/mol. The van der Waals surface area contributed by atoms with Crippen molar-refractivity contribution in [1.82, 2.24) is 0 Å². The van der Waals surface area contributed by atoms with Gasteiger partial charge in [-0.25, -0.2) is 0 Å². The fourth-order valence-electron chi connectivity index (χ4n) is 6.59. The molecule has 0 N–H and O–H groups in total. The van der Waals surface area contributed by atoms with E-state index in [1.807, 2.05) is 0 Å².